The van der Waals surface area contributed by atoms with E-state index >= 15 is 0 Å². The molecule has 0 aliphatic carbocycles. The monoisotopic (exact) mass is 300 g/mol. The third kappa shape index (κ3) is 6.21. The molecule has 17 heavy (non-hydrogen) atoms. The molecule has 0 spiro atoms. The fourth-order valence-corrected chi connectivity index (χ4v) is 2.38. The lowest BCUT2D eigenvalue weighted by atomic mass is 9.85. The van der Waals surface area contributed by atoms with E-state index in [4.69, 9.17) is 0 Å². The summed E-state index contributed by atoms with van der Waals surface area (Å²) in [4.78, 5) is 0. The normalized spacial score (nSPS) is 13.7. The second-order valence-corrected chi connectivity index (χ2v) is 6.60. The first-order chi connectivity index (χ1) is 7.90. The maximum Gasteiger partial charge on any atom is 0.123 e. The molecule has 0 heterocycles. The minimum absolute atomic E-state index is 0.154. The summed E-state index contributed by atoms with van der Waals surface area (Å²) in [5, 5.41) is 1.01. The average Bonchev–Trinajstić information content (AvgIpc) is 2.25. The Balaban J connectivity index is 2.49. The van der Waals surface area contributed by atoms with Gasteiger partial charge in [0.15, 0.2) is 0 Å². The summed E-state index contributed by atoms with van der Waals surface area (Å²) in [6, 6.07) is 6.87. The Morgan fingerprint density at radius 2 is 1.76 bits per heavy atom. The first-order valence-electron chi connectivity index (χ1n) is 6.21. The van der Waals surface area contributed by atoms with E-state index in [9.17, 15) is 4.39 Å². The van der Waals surface area contributed by atoms with Crippen LogP contribution in [0, 0.1) is 17.2 Å². The van der Waals surface area contributed by atoms with Crippen molar-refractivity contribution in [3.8, 4) is 0 Å². The average molecular weight is 301 g/mol. The van der Waals surface area contributed by atoms with Gasteiger partial charge in [0.25, 0.3) is 0 Å². The van der Waals surface area contributed by atoms with E-state index in [2.05, 4.69) is 36.7 Å². The minimum atomic E-state index is -0.154. The summed E-state index contributed by atoms with van der Waals surface area (Å²) in [6.45, 7) is 6.82. The largest absolute Gasteiger partial charge is 0.207 e. The highest BCUT2D eigenvalue weighted by Crippen LogP contribution is 2.26. The van der Waals surface area contributed by atoms with Gasteiger partial charge in [-0.15, -0.1) is 0 Å². The van der Waals surface area contributed by atoms with Gasteiger partial charge in [0.05, 0.1) is 0 Å². The summed E-state index contributed by atoms with van der Waals surface area (Å²) >= 11 is 3.58. The first kappa shape index (κ1) is 14.7. The van der Waals surface area contributed by atoms with Crippen LogP contribution in [0.2, 0.25) is 0 Å². The summed E-state index contributed by atoms with van der Waals surface area (Å²) in [7, 11) is 0. The molecular formula is C15H22BrF. The van der Waals surface area contributed by atoms with Crippen molar-refractivity contribution >= 4 is 15.9 Å². The van der Waals surface area contributed by atoms with Crippen LogP contribution in [-0.2, 0) is 6.42 Å². The molecule has 0 N–H and O–H groups in total. The topological polar surface area (TPSA) is 0 Å². The Hall–Kier alpha value is -0.370. The molecule has 1 rings (SSSR count). The lowest BCUT2D eigenvalue weighted by Gasteiger charge is -2.22. The number of alkyl halides is 1. The van der Waals surface area contributed by atoms with E-state index in [0.29, 0.717) is 11.3 Å². The van der Waals surface area contributed by atoms with Crippen LogP contribution < -0.4 is 0 Å². The number of benzene rings is 1. The van der Waals surface area contributed by atoms with Crippen LogP contribution in [-0.4, -0.2) is 5.33 Å². The fourth-order valence-electron chi connectivity index (χ4n) is 1.82. The predicted molar refractivity (Wildman–Crippen MR) is 76.1 cm³/mol. The van der Waals surface area contributed by atoms with E-state index in [1.54, 1.807) is 12.1 Å². The zero-order valence-corrected chi connectivity index (χ0v) is 12.6. The highest BCUT2D eigenvalue weighted by Gasteiger charge is 2.15. The van der Waals surface area contributed by atoms with Crippen LogP contribution in [0.4, 0.5) is 4.39 Å². The van der Waals surface area contributed by atoms with Crippen LogP contribution in [0.25, 0.3) is 0 Å². The third-order valence-electron chi connectivity index (χ3n) is 2.96. The van der Waals surface area contributed by atoms with Gasteiger partial charge in [0.1, 0.15) is 5.82 Å². The second kappa shape index (κ2) is 6.53. The van der Waals surface area contributed by atoms with Gasteiger partial charge in [-0.3, -0.25) is 0 Å². The summed E-state index contributed by atoms with van der Waals surface area (Å²) < 4.78 is 12.8. The van der Waals surface area contributed by atoms with Crippen molar-refractivity contribution in [2.45, 2.75) is 40.0 Å². The molecule has 1 aromatic carbocycles. The van der Waals surface area contributed by atoms with E-state index in [0.717, 1.165) is 11.8 Å². The van der Waals surface area contributed by atoms with Gasteiger partial charge < -0.3 is 0 Å². The van der Waals surface area contributed by atoms with Gasteiger partial charge in [-0.2, -0.15) is 0 Å². The third-order valence-corrected chi connectivity index (χ3v) is 3.87. The van der Waals surface area contributed by atoms with Crippen molar-refractivity contribution in [3.05, 3.63) is 35.6 Å². The molecule has 1 atom stereocenters. The fraction of sp³-hybridized carbons (Fsp3) is 0.600. The van der Waals surface area contributed by atoms with Crippen LogP contribution in [0.15, 0.2) is 24.3 Å². The quantitative estimate of drug-likeness (QED) is 0.655. The second-order valence-electron chi connectivity index (χ2n) is 5.95. The molecule has 0 bridgehead atoms. The van der Waals surface area contributed by atoms with E-state index in [1.165, 1.54) is 18.4 Å². The molecule has 2 heteroatoms. The zero-order valence-electron chi connectivity index (χ0n) is 11.0. The van der Waals surface area contributed by atoms with Gasteiger partial charge in [-0.1, -0.05) is 48.8 Å². The van der Waals surface area contributed by atoms with Crippen LogP contribution >= 0.6 is 15.9 Å². The van der Waals surface area contributed by atoms with Crippen molar-refractivity contribution < 1.29 is 4.39 Å². The van der Waals surface area contributed by atoms with Gasteiger partial charge in [0.2, 0.25) is 0 Å². The zero-order chi connectivity index (χ0) is 12.9. The predicted octanol–water partition coefficient (Wildman–Crippen LogP) is 5.21. The van der Waals surface area contributed by atoms with Crippen molar-refractivity contribution in [2.24, 2.45) is 11.3 Å². The Morgan fingerprint density at radius 3 is 2.24 bits per heavy atom. The molecule has 1 aromatic rings. The maximum absolute atomic E-state index is 12.8. The van der Waals surface area contributed by atoms with Gasteiger partial charge >= 0.3 is 0 Å². The van der Waals surface area contributed by atoms with Crippen molar-refractivity contribution in [1.29, 1.82) is 0 Å². The van der Waals surface area contributed by atoms with E-state index in [-0.39, 0.29) is 5.82 Å². The molecule has 0 aliphatic rings. The van der Waals surface area contributed by atoms with Crippen molar-refractivity contribution in [1.82, 2.24) is 0 Å². The van der Waals surface area contributed by atoms with Crippen LogP contribution in [0.5, 0.6) is 0 Å². The minimum Gasteiger partial charge on any atom is -0.207 e. The van der Waals surface area contributed by atoms with Crippen molar-refractivity contribution in [2.75, 3.05) is 5.33 Å². The maximum atomic E-state index is 12.8. The molecular weight excluding hydrogens is 279 g/mol. The Labute approximate surface area is 113 Å². The molecule has 0 fully saturated rings. The molecule has 0 aliphatic heterocycles. The van der Waals surface area contributed by atoms with Crippen LogP contribution in [0.1, 0.15) is 39.2 Å². The van der Waals surface area contributed by atoms with E-state index in [1.807, 2.05) is 12.1 Å². The molecule has 0 aromatic heterocycles. The lowest BCUT2D eigenvalue weighted by Crippen LogP contribution is -2.12. The number of rotatable bonds is 5. The Kier molecular flexibility index (Phi) is 5.64. The standard InChI is InChI=1S/C15H22BrF/c1-15(2,3)9-8-13(11-16)10-12-4-6-14(17)7-5-12/h4-7,13H,8-11H2,1-3H3. The van der Waals surface area contributed by atoms with Crippen molar-refractivity contribution in [3.63, 3.8) is 0 Å². The Morgan fingerprint density at radius 1 is 1.18 bits per heavy atom. The highest BCUT2D eigenvalue weighted by molar-refractivity contribution is 9.09. The molecule has 1 unspecified atom stereocenters. The molecule has 0 saturated carbocycles. The molecule has 0 nitrogen and oxygen atoms in total. The summed E-state index contributed by atoms with van der Waals surface area (Å²) in [5.41, 5.74) is 1.62. The number of hydrogen-bond donors (Lipinski definition) is 0. The van der Waals surface area contributed by atoms with Gasteiger partial charge in [0, 0.05) is 5.33 Å². The first-order valence-corrected chi connectivity index (χ1v) is 7.33. The molecule has 0 saturated heterocycles. The number of halogens is 2. The molecule has 0 amide bonds. The Bertz CT molecular complexity index is 324. The van der Waals surface area contributed by atoms with Gasteiger partial charge in [-0.05, 0) is 48.3 Å². The summed E-state index contributed by atoms with van der Waals surface area (Å²) in [6.07, 6.45) is 3.47. The van der Waals surface area contributed by atoms with Gasteiger partial charge in [-0.25, -0.2) is 4.39 Å². The smallest absolute Gasteiger partial charge is 0.123 e. The lowest BCUT2D eigenvalue weighted by molar-refractivity contribution is 0.332. The summed E-state index contributed by atoms with van der Waals surface area (Å²) in [5.74, 6) is 0.485. The molecule has 96 valence electrons. The highest BCUT2D eigenvalue weighted by atomic mass is 79.9. The molecule has 0 radical (unpaired) electrons. The van der Waals surface area contributed by atoms with Crippen LogP contribution in [0.3, 0.4) is 0 Å². The van der Waals surface area contributed by atoms with E-state index < -0.39 is 0 Å². The number of hydrogen-bond acceptors (Lipinski definition) is 0. The SMILES string of the molecule is CC(C)(C)CCC(CBr)Cc1ccc(F)cc1.